The van der Waals surface area contributed by atoms with Gasteiger partial charge < -0.3 is 15.4 Å². The van der Waals surface area contributed by atoms with Crippen LogP contribution >= 0.6 is 11.3 Å². The van der Waals surface area contributed by atoms with Crippen molar-refractivity contribution in [2.45, 2.75) is 52.0 Å². The SMILES string of the molecule is CCOC(=O)c1c(CC(C)C)csc1NC(=O)CN1C(=O)NC2(CCc3ccccc3C2)C1=O. The van der Waals surface area contributed by atoms with Crippen molar-refractivity contribution in [2.75, 3.05) is 18.5 Å². The molecule has 4 amide bonds. The Balaban J connectivity index is 1.49. The molecule has 1 atom stereocenters. The summed E-state index contributed by atoms with van der Waals surface area (Å²) in [7, 11) is 0. The Bertz CT molecular complexity index is 1140. The minimum absolute atomic E-state index is 0.219. The second kappa shape index (κ2) is 9.58. The van der Waals surface area contributed by atoms with Crippen LogP contribution in [0, 0.1) is 5.92 Å². The van der Waals surface area contributed by atoms with Crippen molar-refractivity contribution in [1.29, 1.82) is 0 Å². The van der Waals surface area contributed by atoms with Crippen LogP contribution in [-0.2, 0) is 33.6 Å². The summed E-state index contributed by atoms with van der Waals surface area (Å²) in [5.74, 6) is -1.11. The summed E-state index contributed by atoms with van der Waals surface area (Å²) in [6, 6.07) is 7.30. The van der Waals surface area contributed by atoms with Crippen molar-refractivity contribution in [3.8, 4) is 0 Å². The number of anilines is 1. The molecule has 2 aliphatic rings. The molecule has 1 aliphatic carbocycles. The topological polar surface area (TPSA) is 105 Å². The molecule has 8 nitrogen and oxygen atoms in total. The van der Waals surface area contributed by atoms with E-state index in [1.54, 1.807) is 6.92 Å². The van der Waals surface area contributed by atoms with E-state index in [1.807, 2.05) is 43.5 Å². The lowest BCUT2D eigenvalue weighted by molar-refractivity contribution is -0.134. The Morgan fingerprint density at radius 2 is 1.97 bits per heavy atom. The first-order valence-electron chi connectivity index (χ1n) is 11.5. The van der Waals surface area contributed by atoms with Crippen molar-refractivity contribution in [3.05, 3.63) is 51.9 Å². The lowest BCUT2D eigenvalue weighted by Crippen LogP contribution is -2.51. The summed E-state index contributed by atoms with van der Waals surface area (Å²) < 4.78 is 5.19. The molecule has 0 saturated carbocycles. The van der Waals surface area contributed by atoms with Gasteiger partial charge in [-0.05, 0) is 54.2 Å². The molecule has 1 saturated heterocycles. The van der Waals surface area contributed by atoms with Crippen molar-refractivity contribution < 1.29 is 23.9 Å². The third kappa shape index (κ3) is 4.57. The molecule has 4 rings (SSSR count). The fourth-order valence-electron chi connectivity index (χ4n) is 4.66. The maximum atomic E-state index is 13.3. The zero-order valence-corrected chi connectivity index (χ0v) is 20.4. The number of amides is 4. The Labute approximate surface area is 202 Å². The highest BCUT2D eigenvalue weighted by Gasteiger charge is 2.52. The highest BCUT2D eigenvalue weighted by molar-refractivity contribution is 7.15. The Morgan fingerprint density at radius 3 is 2.68 bits per heavy atom. The number of carbonyl (C=O) groups excluding carboxylic acids is 4. The largest absolute Gasteiger partial charge is 0.462 e. The van der Waals surface area contributed by atoms with E-state index in [-0.39, 0.29) is 12.5 Å². The molecular weight excluding hydrogens is 454 g/mol. The number of imide groups is 1. The minimum atomic E-state index is -1.02. The van der Waals surface area contributed by atoms with Crippen LogP contribution in [0.3, 0.4) is 0 Å². The van der Waals surface area contributed by atoms with Gasteiger partial charge in [-0.25, -0.2) is 9.59 Å². The highest BCUT2D eigenvalue weighted by atomic mass is 32.1. The average molecular weight is 484 g/mol. The molecule has 0 radical (unpaired) electrons. The third-order valence-electron chi connectivity index (χ3n) is 6.21. The van der Waals surface area contributed by atoms with Gasteiger partial charge in [-0.2, -0.15) is 0 Å². The van der Waals surface area contributed by atoms with Gasteiger partial charge in [0.2, 0.25) is 5.91 Å². The first-order valence-corrected chi connectivity index (χ1v) is 12.4. The summed E-state index contributed by atoms with van der Waals surface area (Å²) in [4.78, 5) is 52.4. The molecule has 2 N–H and O–H groups in total. The molecule has 9 heteroatoms. The van der Waals surface area contributed by atoms with Gasteiger partial charge in [0.1, 0.15) is 17.1 Å². The molecular formula is C25H29N3O5S. The zero-order chi connectivity index (χ0) is 24.5. The van der Waals surface area contributed by atoms with Crippen molar-refractivity contribution in [1.82, 2.24) is 10.2 Å². The van der Waals surface area contributed by atoms with Crippen LogP contribution in [0.15, 0.2) is 29.6 Å². The summed E-state index contributed by atoms with van der Waals surface area (Å²) >= 11 is 1.24. The number of rotatable bonds is 7. The average Bonchev–Trinajstić information content (AvgIpc) is 3.27. The number of esters is 1. The van der Waals surface area contributed by atoms with Crippen LogP contribution in [0.5, 0.6) is 0 Å². The number of fused-ring (bicyclic) bond motifs is 1. The summed E-state index contributed by atoms with van der Waals surface area (Å²) in [5.41, 5.74) is 2.33. The fourth-order valence-corrected chi connectivity index (χ4v) is 5.64. The van der Waals surface area contributed by atoms with Crippen molar-refractivity contribution in [3.63, 3.8) is 0 Å². The number of hydrogen-bond acceptors (Lipinski definition) is 6. The lowest BCUT2D eigenvalue weighted by Gasteiger charge is -2.32. The number of carbonyl (C=O) groups is 4. The smallest absolute Gasteiger partial charge is 0.341 e. The van der Waals surface area contributed by atoms with Gasteiger partial charge in [0.05, 0.1) is 12.2 Å². The van der Waals surface area contributed by atoms with E-state index in [4.69, 9.17) is 4.74 Å². The number of ether oxygens (including phenoxy) is 1. The first-order chi connectivity index (χ1) is 16.2. The maximum Gasteiger partial charge on any atom is 0.341 e. The van der Waals surface area contributed by atoms with Gasteiger partial charge in [-0.3, -0.25) is 14.5 Å². The van der Waals surface area contributed by atoms with Gasteiger partial charge in [-0.15, -0.1) is 11.3 Å². The molecule has 1 fully saturated rings. The number of nitrogens with one attached hydrogen (secondary N) is 2. The van der Waals surface area contributed by atoms with Crippen LogP contribution in [0.2, 0.25) is 0 Å². The monoisotopic (exact) mass is 483 g/mol. The van der Waals surface area contributed by atoms with E-state index in [0.29, 0.717) is 42.2 Å². The van der Waals surface area contributed by atoms with E-state index in [9.17, 15) is 19.2 Å². The quantitative estimate of drug-likeness (QED) is 0.463. The van der Waals surface area contributed by atoms with E-state index < -0.39 is 30.0 Å². The van der Waals surface area contributed by atoms with Crippen LogP contribution in [0.4, 0.5) is 9.80 Å². The van der Waals surface area contributed by atoms with Crippen molar-refractivity contribution in [2.24, 2.45) is 5.92 Å². The number of aryl methyl sites for hydroxylation is 1. The zero-order valence-electron chi connectivity index (χ0n) is 19.6. The number of benzene rings is 1. The summed E-state index contributed by atoms with van der Waals surface area (Å²) in [6.45, 7) is 5.61. The number of nitrogens with zero attached hydrogens (tertiary/aromatic N) is 1. The van der Waals surface area contributed by atoms with E-state index >= 15 is 0 Å². The molecule has 1 unspecified atom stereocenters. The second-order valence-electron chi connectivity index (χ2n) is 9.18. The van der Waals surface area contributed by atoms with Gasteiger partial charge in [0.25, 0.3) is 5.91 Å². The Kier molecular flexibility index (Phi) is 6.74. The summed E-state index contributed by atoms with van der Waals surface area (Å²) in [5, 5.41) is 7.77. The predicted molar refractivity (Wildman–Crippen MR) is 129 cm³/mol. The molecule has 1 aromatic carbocycles. The number of thiophene rings is 1. The standard InChI is InChI=1S/C25H29N3O5S/c1-4-33-22(30)20-18(11-15(2)3)14-34-21(20)26-19(29)13-28-23(31)25(27-24(28)32)10-9-16-7-5-6-8-17(16)12-25/h5-8,14-15H,4,9-13H2,1-3H3,(H,26,29)(H,27,32). The van der Waals surface area contributed by atoms with Crippen LogP contribution in [0.1, 0.15) is 54.2 Å². The molecule has 1 spiro atoms. The first kappa shape index (κ1) is 23.9. The van der Waals surface area contributed by atoms with Crippen LogP contribution in [-0.4, -0.2) is 47.4 Å². The van der Waals surface area contributed by atoms with E-state index in [0.717, 1.165) is 16.0 Å². The molecule has 1 aromatic heterocycles. The van der Waals surface area contributed by atoms with Gasteiger partial charge >= 0.3 is 12.0 Å². The predicted octanol–water partition coefficient (Wildman–Crippen LogP) is 3.54. The maximum absolute atomic E-state index is 13.3. The molecule has 1 aliphatic heterocycles. The van der Waals surface area contributed by atoms with Gasteiger partial charge in [0.15, 0.2) is 0 Å². The van der Waals surface area contributed by atoms with E-state index in [1.165, 1.54) is 16.9 Å². The van der Waals surface area contributed by atoms with Crippen LogP contribution < -0.4 is 10.6 Å². The Hall–Kier alpha value is -3.20. The molecule has 0 bridgehead atoms. The number of urea groups is 1. The van der Waals surface area contributed by atoms with Gasteiger partial charge in [0, 0.05) is 6.42 Å². The van der Waals surface area contributed by atoms with Gasteiger partial charge in [-0.1, -0.05) is 38.1 Å². The molecule has 2 aromatic rings. The van der Waals surface area contributed by atoms with Crippen LogP contribution in [0.25, 0.3) is 0 Å². The fraction of sp³-hybridized carbons (Fsp3) is 0.440. The normalized spacial score (nSPS) is 19.4. The third-order valence-corrected chi connectivity index (χ3v) is 7.15. The minimum Gasteiger partial charge on any atom is -0.462 e. The Morgan fingerprint density at radius 1 is 1.24 bits per heavy atom. The summed E-state index contributed by atoms with van der Waals surface area (Å²) in [6.07, 6.45) is 2.24. The van der Waals surface area contributed by atoms with Crippen molar-refractivity contribution >= 4 is 40.2 Å². The molecule has 180 valence electrons. The highest BCUT2D eigenvalue weighted by Crippen LogP contribution is 2.34. The molecule has 34 heavy (non-hydrogen) atoms. The lowest BCUT2D eigenvalue weighted by atomic mass is 9.78. The number of hydrogen-bond donors (Lipinski definition) is 2. The molecule has 2 heterocycles. The second-order valence-corrected chi connectivity index (χ2v) is 10.1. The van der Waals surface area contributed by atoms with E-state index in [2.05, 4.69) is 10.6 Å².